The van der Waals surface area contributed by atoms with Gasteiger partial charge in [0.05, 0.1) is 17.5 Å². The monoisotopic (exact) mass is 505 g/mol. The van der Waals surface area contributed by atoms with Gasteiger partial charge in [0.2, 0.25) is 11.8 Å². The van der Waals surface area contributed by atoms with E-state index in [-0.39, 0.29) is 41.8 Å². The highest BCUT2D eigenvalue weighted by molar-refractivity contribution is 6.05. The van der Waals surface area contributed by atoms with Gasteiger partial charge in [-0.15, -0.1) is 12.4 Å². The molecule has 2 amide bonds. The maximum absolute atomic E-state index is 13.6. The van der Waals surface area contributed by atoms with E-state index in [2.05, 4.69) is 4.90 Å². The minimum atomic E-state index is -4.51. The van der Waals surface area contributed by atoms with Crippen LogP contribution in [0.25, 0.3) is 0 Å². The molecule has 0 spiro atoms. The molecule has 2 saturated heterocycles. The quantitative estimate of drug-likeness (QED) is 0.322. The first-order chi connectivity index (χ1) is 15.7. The van der Waals surface area contributed by atoms with Crippen molar-refractivity contribution in [2.45, 2.75) is 25.4 Å². The Kier molecular flexibility index (Phi) is 8.46. The lowest BCUT2D eigenvalue weighted by atomic mass is 9.85. The van der Waals surface area contributed by atoms with E-state index in [4.69, 9.17) is 4.74 Å². The molecule has 0 saturated carbocycles. The standard InChI is InChI=1S/C23H27F4N3O3.ClH/c24-16-6-7-19(20(14-16)33-15-23(25,26)27)29-12-10-28(11-13-29)8-3-9-30-21(31)17-4-1-2-5-18(17)22(30)32;/h1-2,6-7,14,17-18H,3-5,8-13,15H2;1H. The maximum atomic E-state index is 13.6. The summed E-state index contributed by atoms with van der Waals surface area (Å²) in [5, 5.41) is 0. The van der Waals surface area contributed by atoms with Gasteiger partial charge in [0.1, 0.15) is 11.6 Å². The minimum Gasteiger partial charge on any atom is -0.482 e. The number of rotatable bonds is 7. The van der Waals surface area contributed by atoms with Crippen molar-refractivity contribution in [1.82, 2.24) is 9.80 Å². The van der Waals surface area contributed by atoms with E-state index in [0.29, 0.717) is 64.2 Å². The van der Waals surface area contributed by atoms with Crippen molar-refractivity contribution in [2.24, 2.45) is 11.8 Å². The highest BCUT2D eigenvalue weighted by Gasteiger charge is 2.46. The van der Waals surface area contributed by atoms with Gasteiger partial charge in [-0.2, -0.15) is 13.2 Å². The summed E-state index contributed by atoms with van der Waals surface area (Å²) in [4.78, 5) is 30.6. The van der Waals surface area contributed by atoms with Crippen molar-refractivity contribution in [2.75, 3.05) is 50.8 Å². The zero-order valence-electron chi connectivity index (χ0n) is 18.6. The maximum Gasteiger partial charge on any atom is 0.422 e. The van der Waals surface area contributed by atoms with E-state index in [1.807, 2.05) is 17.1 Å². The van der Waals surface area contributed by atoms with Gasteiger partial charge in [-0.25, -0.2) is 4.39 Å². The predicted octanol–water partition coefficient (Wildman–Crippen LogP) is 3.65. The fourth-order valence-corrected chi connectivity index (χ4v) is 4.78. The Bertz CT molecular complexity index is 893. The Morgan fingerprint density at radius 2 is 1.56 bits per heavy atom. The number of hydrogen-bond donors (Lipinski definition) is 0. The van der Waals surface area contributed by atoms with Crippen LogP contribution in [0.1, 0.15) is 19.3 Å². The summed E-state index contributed by atoms with van der Waals surface area (Å²) in [6.45, 7) is 2.05. The number of piperazine rings is 1. The molecule has 0 bridgehead atoms. The van der Waals surface area contributed by atoms with Crippen molar-refractivity contribution in [3.63, 3.8) is 0 Å². The highest BCUT2D eigenvalue weighted by Crippen LogP contribution is 2.35. The molecule has 11 heteroatoms. The first-order valence-corrected chi connectivity index (χ1v) is 11.2. The summed E-state index contributed by atoms with van der Waals surface area (Å²) in [6, 6.07) is 3.62. The zero-order chi connectivity index (χ0) is 23.6. The van der Waals surface area contributed by atoms with Crippen LogP contribution in [0, 0.1) is 17.7 Å². The molecule has 0 aromatic heterocycles. The second kappa shape index (κ2) is 10.9. The molecule has 1 aromatic rings. The first-order valence-electron chi connectivity index (χ1n) is 11.2. The van der Waals surface area contributed by atoms with Gasteiger partial charge in [0.15, 0.2) is 6.61 Å². The summed E-state index contributed by atoms with van der Waals surface area (Å²) in [5.74, 6) is -1.34. The van der Waals surface area contributed by atoms with Gasteiger partial charge in [-0.3, -0.25) is 19.4 Å². The first kappa shape index (κ1) is 26.3. The number of nitrogens with zero attached hydrogens (tertiary/aromatic N) is 3. The molecular formula is C23H28ClF4N3O3. The number of allylic oxidation sites excluding steroid dienone is 2. The van der Waals surface area contributed by atoms with Gasteiger partial charge in [0, 0.05) is 38.8 Å². The van der Waals surface area contributed by atoms with Crippen LogP contribution < -0.4 is 9.64 Å². The number of fused-ring (bicyclic) bond motifs is 1. The minimum absolute atomic E-state index is 0. The van der Waals surface area contributed by atoms with Crippen molar-refractivity contribution < 1.29 is 31.9 Å². The number of amides is 2. The third kappa shape index (κ3) is 6.02. The number of imide groups is 1. The predicted molar refractivity (Wildman–Crippen MR) is 121 cm³/mol. The van der Waals surface area contributed by atoms with Gasteiger partial charge >= 0.3 is 6.18 Å². The van der Waals surface area contributed by atoms with E-state index >= 15 is 0 Å². The second-order valence-electron chi connectivity index (χ2n) is 8.68. The van der Waals surface area contributed by atoms with Crippen molar-refractivity contribution in [1.29, 1.82) is 0 Å². The van der Waals surface area contributed by atoms with Crippen LogP contribution in [0.5, 0.6) is 5.75 Å². The Labute approximate surface area is 201 Å². The molecule has 2 fully saturated rings. The van der Waals surface area contributed by atoms with Crippen LogP contribution in [0.15, 0.2) is 30.4 Å². The number of hydrogen-bond acceptors (Lipinski definition) is 5. The number of likely N-dealkylation sites (tertiary alicyclic amines) is 1. The van der Waals surface area contributed by atoms with Crippen LogP contribution >= 0.6 is 12.4 Å². The number of carbonyl (C=O) groups excluding carboxylic acids is 2. The van der Waals surface area contributed by atoms with E-state index in [9.17, 15) is 27.2 Å². The Morgan fingerprint density at radius 1 is 0.941 bits per heavy atom. The van der Waals surface area contributed by atoms with Crippen LogP contribution in [0.4, 0.5) is 23.2 Å². The number of halogens is 5. The number of alkyl halides is 3. The molecular weight excluding hydrogens is 478 g/mol. The smallest absolute Gasteiger partial charge is 0.422 e. The lowest BCUT2D eigenvalue weighted by Crippen LogP contribution is -2.47. The fourth-order valence-electron chi connectivity index (χ4n) is 4.78. The van der Waals surface area contributed by atoms with Gasteiger partial charge in [0.25, 0.3) is 0 Å². The molecule has 2 unspecified atom stereocenters. The van der Waals surface area contributed by atoms with Crippen molar-refractivity contribution in [3.05, 3.63) is 36.2 Å². The molecule has 4 rings (SSSR count). The van der Waals surface area contributed by atoms with Gasteiger partial charge in [-0.1, -0.05) is 12.2 Å². The average molecular weight is 506 g/mol. The van der Waals surface area contributed by atoms with Crippen LogP contribution in [-0.4, -0.2) is 73.7 Å². The molecule has 1 aliphatic carbocycles. The number of anilines is 1. The van der Waals surface area contributed by atoms with E-state index < -0.39 is 18.6 Å². The normalized spacial score (nSPS) is 23.2. The van der Waals surface area contributed by atoms with E-state index in [1.165, 1.54) is 17.0 Å². The molecule has 0 radical (unpaired) electrons. The Morgan fingerprint density at radius 3 is 2.15 bits per heavy atom. The molecule has 1 aromatic carbocycles. The summed E-state index contributed by atoms with van der Waals surface area (Å²) in [5.41, 5.74) is 0.435. The molecule has 3 aliphatic rings. The van der Waals surface area contributed by atoms with Gasteiger partial charge in [-0.05, 0) is 37.9 Å². The topological polar surface area (TPSA) is 53.1 Å². The number of ether oxygens (including phenoxy) is 1. The average Bonchev–Trinajstić information content (AvgIpc) is 3.03. The van der Waals surface area contributed by atoms with Crippen LogP contribution in [-0.2, 0) is 9.59 Å². The Balaban J connectivity index is 0.00000324. The molecule has 2 aliphatic heterocycles. The molecule has 2 heterocycles. The lowest BCUT2D eigenvalue weighted by molar-refractivity contribution is -0.153. The fraction of sp³-hybridized carbons (Fsp3) is 0.565. The molecule has 0 N–H and O–H groups in total. The number of carbonyl (C=O) groups is 2. The van der Waals surface area contributed by atoms with E-state index in [1.54, 1.807) is 0 Å². The van der Waals surface area contributed by atoms with Gasteiger partial charge < -0.3 is 9.64 Å². The molecule has 6 nitrogen and oxygen atoms in total. The molecule has 188 valence electrons. The largest absolute Gasteiger partial charge is 0.482 e. The van der Waals surface area contributed by atoms with Crippen molar-refractivity contribution >= 4 is 29.9 Å². The highest BCUT2D eigenvalue weighted by atomic mass is 35.5. The summed E-state index contributed by atoms with van der Waals surface area (Å²) in [6.07, 6.45) is 1.36. The lowest BCUT2D eigenvalue weighted by Gasteiger charge is -2.37. The van der Waals surface area contributed by atoms with Crippen LogP contribution in [0.3, 0.4) is 0 Å². The number of benzene rings is 1. The summed E-state index contributed by atoms with van der Waals surface area (Å²) >= 11 is 0. The SMILES string of the molecule is Cl.O=C1C2CC=CCC2C(=O)N1CCCN1CCN(c2ccc(F)cc2OCC(F)(F)F)CC1. The van der Waals surface area contributed by atoms with Crippen LogP contribution in [0.2, 0.25) is 0 Å². The zero-order valence-corrected chi connectivity index (χ0v) is 19.4. The third-order valence-corrected chi connectivity index (χ3v) is 6.48. The second-order valence-corrected chi connectivity index (χ2v) is 8.68. The summed E-state index contributed by atoms with van der Waals surface area (Å²) in [7, 11) is 0. The third-order valence-electron chi connectivity index (χ3n) is 6.48. The summed E-state index contributed by atoms with van der Waals surface area (Å²) < 4.78 is 56.1. The van der Waals surface area contributed by atoms with E-state index in [0.717, 1.165) is 6.07 Å². The van der Waals surface area contributed by atoms with Crippen molar-refractivity contribution in [3.8, 4) is 5.75 Å². The molecule has 2 atom stereocenters. The Hall–Kier alpha value is -2.33. The molecule has 34 heavy (non-hydrogen) atoms.